The van der Waals surface area contributed by atoms with Crippen molar-refractivity contribution in [2.75, 3.05) is 13.2 Å². The largest absolute Gasteiger partial charge is 0.493 e. The smallest absolute Gasteiger partial charge is 0.338 e. The normalized spacial score (nSPS) is 14.2. The van der Waals surface area contributed by atoms with Crippen LogP contribution in [0.3, 0.4) is 0 Å². The molecule has 1 aliphatic heterocycles. The molecule has 0 bridgehead atoms. The fraction of sp³-hybridized carbons (Fsp3) is 0.318. The van der Waals surface area contributed by atoms with Crippen LogP contribution in [0, 0.1) is 0 Å². The third-order valence-electron chi connectivity index (χ3n) is 4.43. The predicted molar refractivity (Wildman–Crippen MR) is 101 cm³/mol. The second kappa shape index (κ2) is 8.02. The van der Waals surface area contributed by atoms with E-state index in [2.05, 4.69) is 31.2 Å². The van der Waals surface area contributed by atoms with Crippen molar-refractivity contribution in [1.82, 2.24) is 0 Å². The van der Waals surface area contributed by atoms with Crippen LogP contribution in [0.25, 0.3) is 11.6 Å². The number of hydrogen-bond acceptors (Lipinski definition) is 3. The molecular weight excluding hydrogens is 312 g/mol. The van der Waals surface area contributed by atoms with Crippen LogP contribution in [-0.4, -0.2) is 19.2 Å². The molecule has 130 valence electrons. The van der Waals surface area contributed by atoms with Gasteiger partial charge in [0.2, 0.25) is 0 Å². The molecule has 3 heteroatoms. The van der Waals surface area contributed by atoms with E-state index in [4.69, 9.17) is 9.47 Å². The van der Waals surface area contributed by atoms with Gasteiger partial charge < -0.3 is 9.47 Å². The van der Waals surface area contributed by atoms with E-state index in [1.165, 1.54) is 17.6 Å². The SMILES string of the molecule is CCOC(=O)c1ccc(/C=C(\C)c2ccc3c(c2)OCCCC3)cc1. The van der Waals surface area contributed by atoms with E-state index in [1.54, 1.807) is 12.1 Å². The Hall–Kier alpha value is -2.55. The number of carbonyl (C=O) groups excluding carboxylic acids is 1. The molecule has 3 nitrogen and oxygen atoms in total. The average Bonchev–Trinajstić information content (AvgIpc) is 2.87. The summed E-state index contributed by atoms with van der Waals surface area (Å²) in [7, 11) is 0. The molecule has 0 aromatic heterocycles. The van der Waals surface area contributed by atoms with E-state index in [0.717, 1.165) is 36.3 Å². The van der Waals surface area contributed by atoms with Crippen LogP contribution in [0.1, 0.15) is 53.7 Å². The highest BCUT2D eigenvalue weighted by Gasteiger charge is 2.10. The average molecular weight is 336 g/mol. The molecule has 0 fully saturated rings. The molecule has 2 aromatic rings. The monoisotopic (exact) mass is 336 g/mol. The Morgan fingerprint density at radius 1 is 1.12 bits per heavy atom. The Morgan fingerprint density at radius 3 is 2.64 bits per heavy atom. The molecule has 1 heterocycles. The Bertz CT molecular complexity index is 772. The van der Waals surface area contributed by atoms with Crippen molar-refractivity contribution < 1.29 is 14.3 Å². The Balaban J connectivity index is 1.79. The summed E-state index contributed by atoms with van der Waals surface area (Å²) in [6, 6.07) is 14.0. The summed E-state index contributed by atoms with van der Waals surface area (Å²) in [4.78, 5) is 11.7. The number of ether oxygens (including phenoxy) is 2. The Kier molecular flexibility index (Phi) is 5.54. The van der Waals surface area contributed by atoms with E-state index in [0.29, 0.717) is 12.2 Å². The number of benzene rings is 2. The van der Waals surface area contributed by atoms with Crippen LogP contribution in [0.15, 0.2) is 42.5 Å². The molecule has 25 heavy (non-hydrogen) atoms. The van der Waals surface area contributed by atoms with E-state index in [9.17, 15) is 4.79 Å². The number of fused-ring (bicyclic) bond motifs is 1. The lowest BCUT2D eigenvalue weighted by molar-refractivity contribution is 0.0526. The lowest BCUT2D eigenvalue weighted by atomic mass is 10.00. The van der Waals surface area contributed by atoms with E-state index in [1.807, 2.05) is 19.1 Å². The molecule has 0 aliphatic carbocycles. The highest BCUT2D eigenvalue weighted by molar-refractivity contribution is 5.90. The van der Waals surface area contributed by atoms with Gasteiger partial charge >= 0.3 is 5.97 Å². The molecule has 1 aliphatic rings. The van der Waals surface area contributed by atoms with Gasteiger partial charge in [-0.05, 0) is 73.6 Å². The molecular formula is C22H24O3. The van der Waals surface area contributed by atoms with Crippen molar-refractivity contribution in [2.45, 2.75) is 33.1 Å². The van der Waals surface area contributed by atoms with Crippen LogP contribution in [0.5, 0.6) is 5.75 Å². The van der Waals surface area contributed by atoms with Gasteiger partial charge in [0.05, 0.1) is 18.8 Å². The third kappa shape index (κ3) is 4.30. The van der Waals surface area contributed by atoms with Crippen molar-refractivity contribution in [3.63, 3.8) is 0 Å². The van der Waals surface area contributed by atoms with Gasteiger partial charge in [-0.15, -0.1) is 0 Å². The van der Waals surface area contributed by atoms with Gasteiger partial charge in [-0.2, -0.15) is 0 Å². The van der Waals surface area contributed by atoms with E-state index < -0.39 is 0 Å². The summed E-state index contributed by atoms with van der Waals surface area (Å²) in [6.45, 7) is 5.09. The van der Waals surface area contributed by atoms with Gasteiger partial charge in [0.25, 0.3) is 0 Å². The fourth-order valence-electron chi connectivity index (χ4n) is 3.00. The molecule has 0 spiro atoms. The summed E-state index contributed by atoms with van der Waals surface area (Å²) < 4.78 is 10.9. The molecule has 0 radical (unpaired) electrons. The van der Waals surface area contributed by atoms with E-state index in [-0.39, 0.29) is 5.97 Å². The first-order valence-electron chi connectivity index (χ1n) is 8.89. The Labute approximate surface area is 149 Å². The lowest BCUT2D eigenvalue weighted by Crippen LogP contribution is -2.03. The second-order valence-corrected chi connectivity index (χ2v) is 6.30. The molecule has 0 saturated carbocycles. The minimum absolute atomic E-state index is 0.280. The number of carbonyl (C=O) groups is 1. The minimum atomic E-state index is -0.280. The number of esters is 1. The van der Waals surface area contributed by atoms with Crippen molar-refractivity contribution in [1.29, 1.82) is 0 Å². The second-order valence-electron chi connectivity index (χ2n) is 6.30. The maximum Gasteiger partial charge on any atom is 0.338 e. The van der Waals surface area contributed by atoms with Gasteiger partial charge in [-0.25, -0.2) is 4.79 Å². The number of aryl methyl sites for hydroxylation is 1. The zero-order valence-electron chi connectivity index (χ0n) is 14.9. The van der Waals surface area contributed by atoms with Crippen LogP contribution >= 0.6 is 0 Å². The standard InChI is InChI=1S/C22H24O3/c1-3-24-22(23)19-9-7-17(8-10-19)14-16(2)20-12-11-18-6-4-5-13-25-21(18)15-20/h7-12,14-15H,3-6,13H2,1-2H3/b16-14+. The van der Waals surface area contributed by atoms with Crippen molar-refractivity contribution in [2.24, 2.45) is 0 Å². The predicted octanol–water partition coefficient (Wildman–Crippen LogP) is 5.14. The van der Waals surface area contributed by atoms with Crippen LogP contribution < -0.4 is 4.74 Å². The first-order chi connectivity index (χ1) is 12.2. The molecule has 0 N–H and O–H groups in total. The maximum atomic E-state index is 11.7. The van der Waals surface area contributed by atoms with E-state index >= 15 is 0 Å². The highest BCUT2D eigenvalue weighted by Crippen LogP contribution is 2.29. The van der Waals surface area contributed by atoms with Crippen molar-refractivity contribution in [3.8, 4) is 5.75 Å². The summed E-state index contributed by atoms with van der Waals surface area (Å²) in [5.41, 5.74) is 5.26. The molecule has 0 atom stereocenters. The fourth-order valence-corrected chi connectivity index (χ4v) is 3.00. The quantitative estimate of drug-likeness (QED) is 0.573. The summed E-state index contributed by atoms with van der Waals surface area (Å²) in [6.07, 6.45) is 5.51. The minimum Gasteiger partial charge on any atom is -0.493 e. The van der Waals surface area contributed by atoms with Gasteiger partial charge in [-0.3, -0.25) is 0 Å². The van der Waals surface area contributed by atoms with Crippen LogP contribution in [0.2, 0.25) is 0 Å². The zero-order chi connectivity index (χ0) is 17.6. The van der Waals surface area contributed by atoms with Crippen LogP contribution in [-0.2, 0) is 11.2 Å². The summed E-state index contributed by atoms with van der Waals surface area (Å²) in [5.74, 6) is 0.734. The lowest BCUT2D eigenvalue weighted by Gasteiger charge is -2.10. The number of rotatable bonds is 4. The van der Waals surface area contributed by atoms with Gasteiger partial charge in [0.15, 0.2) is 0 Å². The molecule has 3 rings (SSSR count). The highest BCUT2D eigenvalue weighted by atomic mass is 16.5. The maximum absolute atomic E-state index is 11.7. The summed E-state index contributed by atoms with van der Waals surface area (Å²) in [5, 5.41) is 0. The first kappa shape index (κ1) is 17.3. The van der Waals surface area contributed by atoms with Crippen molar-refractivity contribution >= 4 is 17.6 Å². The molecule has 0 saturated heterocycles. The van der Waals surface area contributed by atoms with Gasteiger partial charge in [0, 0.05) is 0 Å². The van der Waals surface area contributed by atoms with Crippen molar-refractivity contribution in [3.05, 3.63) is 64.7 Å². The molecule has 0 unspecified atom stereocenters. The molecule has 2 aromatic carbocycles. The molecule has 0 amide bonds. The summed E-state index contributed by atoms with van der Waals surface area (Å²) >= 11 is 0. The van der Waals surface area contributed by atoms with Gasteiger partial charge in [0.1, 0.15) is 5.75 Å². The van der Waals surface area contributed by atoms with Gasteiger partial charge in [-0.1, -0.05) is 30.3 Å². The number of hydrogen-bond donors (Lipinski definition) is 0. The first-order valence-corrected chi connectivity index (χ1v) is 8.89. The topological polar surface area (TPSA) is 35.5 Å². The Morgan fingerprint density at radius 2 is 1.88 bits per heavy atom. The third-order valence-corrected chi connectivity index (χ3v) is 4.43. The number of allylic oxidation sites excluding steroid dienone is 1. The van der Waals surface area contributed by atoms with Crippen LogP contribution in [0.4, 0.5) is 0 Å². The zero-order valence-corrected chi connectivity index (χ0v) is 14.9.